The number of anilines is 1. The third-order valence-electron chi connectivity index (χ3n) is 4.42. The molecule has 0 N–H and O–H groups in total. The zero-order chi connectivity index (χ0) is 10.0. The molecule has 1 heterocycles. The van der Waals surface area contributed by atoms with Crippen LogP contribution in [0.4, 0.5) is 5.69 Å². The Hall–Kier alpha value is -1.24. The van der Waals surface area contributed by atoms with E-state index in [9.17, 15) is 0 Å². The second-order valence-electron chi connectivity index (χ2n) is 5.41. The van der Waals surface area contributed by atoms with E-state index >= 15 is 0 Å². The molecule has 0 radical (unpaired) electrons. The number of para-hydroxylation sites is 1. The molecule has 0 unspecified atom stereocenters. The zero-order valence-electron chi connectivity index (χ0n) is 8.87. The van der Waals surface area contributed by atoms with Crippen molar-refractivity contribution >= 4 is 5.69 Å². The number of nitrogens with zero attached hydrogens (tertiary/aromatic N) is 1. The van der Waals surface area contributed by atoms with Crippen LogP contribution in [0.5, 0.6) is 0 Å². The molecule has 0 aromatic heterocycles. The van der Waals surface area contributed by atoms with Crippen molar-refractivity contribution < 1.29 is 0 Å². The van der Waals surface area contributed by atoms with Crippen molar-refractivity contribution in [2.45, 2.75) is 31.2 Å². The van der Waals surface area contributed by atoms with Crippen LogP contribution in [0, 0.1) is 5.92 Å². The lowest BCUT2D eigenvalue weighted by Crippen LogP contribution is -2.67. The van der Waals surface area contributed by atoms with Crippen LogP contribution < -0.4 is 4.90 Å². The molecule has 2 bridgehead atoms. The molecule has 3 fully saturated rings. The molecule has 0 amide bonds. The molecule has 1 nitrogen and oxygen atoms in total. The van der Waals surface area contributed by atoms with Gasteiger partial charge in [0.25, 0.3) is 0 Å². The summed E-state index contributed by atoms with van der Waals surface area (Å²) >= 11 is 0. The first-order chi connectivity index (χ1) is 7.28. The summed E-state index contributed by atoms with van der Waals surface area (Å²) in [6.45, 7) is 4.25. The number of hydrogen-bond acceptors (Lipinski definition) is 1. The van der Waals surface area contributed by atoms with Gasteiger partial charge in [-0.15, -0.1) is 0 Å². The summed E-state index contributed by atoms with van der Waals surface area (Å²) in [6, 6.07) is 8.79. The average Bonchev–Trinajstić information content (AvgIpc) is 2.39. The second kappa shape index (κ2) is 2.29. The Morgan fingerprint density at radius 1 is 1.20 bits per heavy atom. The van der Waals surface area contributed by atoms with Crippen LogP contribution in [-0.4, -0.2) is 5.54 Å². The predicted molar refractivity (Wildman–Crippen MR) is 61.8 cm³/mol. The number of allylic oxidation sites excluding steroid dienone is 1. The maximum Gasteiger partial charge on any atom is 0.0456 e. The first-order valence-corrected chi connectivity index (χ1v) is 5.84. The monoisotopic (exact) mass is 197 g/mol. The Morgan fingerprint density at radius 2 is 1.93 bits per heavy atom. The van der Waals surface area contributed by atoms with Crippen LogP contribution in [0.15, 0.2) is 36.5 Å². The van der Waals surface area contributed by atoms with E-state index < -0.39 is 0 Å². The van der Waals surface area contributed by atoms with E-state index in [0.717, 1.165) is 12.3 Å². The van der Waals surface area contributed by atoms with Gasteiger partial charge in [0.1, 0.15) is 0 Å². The smallest absolute Gasteiger partial charge is 0.0456 e. The van der Waals surface area contributed by atoms with Crippen molar-refractivity contribution in [3.63, 3.8) is 0 Å². The van der Waals surface area contributed by atoms with Crippen LogP contribution in [0.25, 0.3) is 0 Å². The summed E-state index contributed by atoms with van der Waals surface area (Å²) in [5.74, 6) is 1.03. The van der Waals surface area contributed by atoms with E-state index in [1.807, 2.05) is 0 Å². The van der Waals surface area contributed by atoms with Crippen LogP contribution >= 0.6 is 0 Å². The third kappa shape index (κ3) is 0.808. The molecule has 0 saturated heterocycles. The maximum absolute atomic E-state index is 4.25. The second-order valence-corrected chi connectivity index (χ2v) is 5.41. The SMILES string of the molecule is C=C1Cc2ccccc2N1C12CC(C1)C2. The largest absolute Gasteiger partial charge is 0.339 e. The molecule has 3 aliphatic carbocycles. The topological polar surface area (TPSA) is 3.24 Å². The standard InChI is InChI=1S/C14H15N/c1-10-6-12-4-2-3-5-13(12)15(10)14-7-11(8-14)9-14/h2-5,11H,1,6-9H2. The summed E-state index contributed by atoms with van der Waals surface area (Å²) < 4.78 is 0. The summed E-state index contributed by atoms with van der Waals surface area (Å²) in [7, 11) is 0. The molecule has 15 heavy (non-hydrogen) atoms. The normalized spacial score (nSPS) is 35.9. The van der Waals surface area contributed by atoms with Gasteiger partial charge in [-0.1, -0.05) is 24.8 Å². The zero-order valence-corrected chi connectivity index (χ0v) is 8.87. The Labute approximate surface area is 90.4 Å². The van der Waals surface area contributed by atoms with Gasteiger partial charge in [0, 0.05) is 23.3 Å². The minimum absolute atomic E-state index is 0.494. The lowest BCUT2D eigenvalue weighted by molar-refractivity contribution is -0.0189. The van der Waals surface area contributed by atoms with E-state index in [-0.39, 0.29) is 0 Å². The molecule has 1 heteroatoms. The van der Waals surface area contributed by atoms with Crippen LogP contribution in [0.3, 0.4) is 0 Å². The lowest BCUT2D eigenvalue weighted by atomic mass is 9.49. The molecule has 1 aromatic carbocycles. The van der Waals surface area contributed by atoms with Crippen LogP contribution in [0.2, 0.25) is 0 Å². The van der Waals surface area contributed by atoms with E-state index in [1.54, 1.807) is 0 Å². The van der Waals surface area contributed by atoms with Gasteiger partial charge in [-0.2, -0.15) is 0 Å². The van der Waals surface area contributed by atoms with Gasteiger partial charge in [-0.05, 0) is 36.8 Å². The highest BCUT2D eigenvalue weighted by Gasteiger charge is 2.61. The van der Waals surface area contributed by atoms with Crippen molar-refractivity contribution in [1.82, 2.24) is 0 Å². The first kappa shape index (κ1) is 7.98. The van der Waals surface area contributed by atoms with Crippen LogP contribution in [-0.2, 0) is 6.42 Å². The highest BCUT2D eigenvalue weighted by Crippen LogP contribution is 2.63. The Bertz CT molecular complexity index is 443. The first-order valence-electron chi connectivity index (χ1n) is 5.84. The predicted octanol–water partition coefficient (Wildman–Crippen LogP) is 3.12. The fraction of sp³-hybridized carbons (Fsp3) is 0.429. The third-order valence-corrected chi connectivity index (χ3v) is 4.42. The fourth-order valence-corrected chi connectivity index (χ4v) is 3.65. The summed E-state index contributed by atoms with van der Waals surface area (Å²) in [6.07, 6.45) is 5.27. The van der Waals surface area contributed by atoms with E-state index in [0.29, 0.717) is 5.54 Å². The number of rotatable bonds is 1. The van der Waals surface area contributed by atoms with Crippen molar-refractivity contribution in [2.24, 2.45) is 5.92 Å². The molecule has 76 valence electrons. The molecule has 4 aliphatic rings. The van der Waals surface area contributed by atoms with E-state index in [4.69, 9.17) is 0 Å². The quantitative estimate of drug-likeness (QED) is 0.668. The minimum atomic E-state index is 0.494. The molecule has 0 atom stereocenters. The van der Waals surface area contributed by atoms with Crippen LogP contribution in [0.1, 0.15) is 24.8 Å². The van der Waals surface area contributed by atoms with Gasteiger partial charge in [0.15, 0.2) is 0 Å². The van der Waals surface area contributed by atoms with Crippen molar-refractivity contribution in [3.8, 4) is 0 Å². The molecule has 1 aromatic rings. The highest BCUT2D eigenvalue weighted by molar-refractivity contribution is 5.68. The highest BCUT2D eigenvalue weighted by atomic mass is 15.3. The average molecular weight is 197 g/mol. The summed E-state index contributed by atoms with van der Waals surface area (Å²) in [4.78, 5) is 2.54. The number of fused-ring (bicyclic) bond motifs is 1. The molecular formula is C14H15N. The molecule has 5 rings (SSSR count). The Morgan fingerprint density at radius 3 is 2.60 bits per heavy atom. The summed E-state index contributed by atoms with van der Waals surface area (Å²) in [5.41, 5.74) is 4.70. The number of benzene rings is 1. The molecule has 0 spiro atoms. The van der Waals surface area contributed by atoms with Crippen molar-refractivity contribution in [2.75, 3.05) is 4.90 Å². The lowest BCUT2D eigenvalue weighted by Gasteiger charge is -2.66. The van der Waals surface area contributed by atoms with Gasteiger partial charge < -0.3 is 4.90 Å². The van der Waals surface area contributed by atoms with Crippen molar-refractivity contribution in [1.29, 1.82) is 0 Å². The molecular weight excluding hydrogens is 182 g/mol. The fourth-order valence-electron chi connectivity index (χ4n) is 3.65. The van der Waals surface area contributed by atoms with Gasteiger partial charge in [-0.3, -0.25) is 0 Å². The van der Waals surface area contributed by atoms with Gasteiger partial charge in [0.2, 0.25) is 0 Å². The number of hydrogen-bond donors (Lipinski definition) is 0. The Balaban J connectivity index is 1.82. The van der Waals surface area contributed by atoms with Crippen molar-refractivity contribution in [3.05, 3.63) is 42.1 Å². The Kier molecular flexibility index (Phi) is 1.22. The van der Waals surface area contributed by atoms with E-state index in [2.05, 4.69) is 35.7 Å². The maximum atomic E-state index is 4.25. The van der Waals surface area contributed by atoms with Gasteiger partial charge in [-0.25, -0.2) is 0 Å². The molecule has 3 saturated carbocycles. The molecule has 1 aliphatic heterocycles. The van der Waals surface area contributed by atoms with Gasteiger partial charge in [0.05, 0.1) is 0 Å². The minimum Gasteiger partial charge on any atom is -0.339 e. The van der Waals surface area contributed by atoms with Gasteiger partial charge >= 0.3 is 0 Å². The van der Waals surface area contributed by atoms with E-state index in [1.165, 1.54) is 36.2 Å². The summed E-state index contributed by atoms with van der Waals surface area (Å²) in [5, 5.41) is 0.